The Bertz CT molecular complexity index is 797. The van der Waals surface area contributed by atoms with Gasteiger partial charge in [-0.3, -0.25) is 4.79 Å². The van der Waals surface area contributed by atoms with Gasteiger partial charge in [0.1, 0.15) is 11.6 Å². The molecule has 2 atom stereocenters. The van der Waals surface area contributed by atoms with Gasteiger partial charge in [-0.2, -0.15) is 0 Å². The number of fused-ring (bicyclic) bond motifs is 2. The van der Waals surface area contributed by atoms with E-state index in [1.54, 1.807) is 23.1 Å². The van der Waals surface area contributed by atoms with Gasteiger partial charge in [0.25, 0.3) is 5.91 Å². The molecule has 2 aliphatic heterocycles. The fourth-order valence-corrected chi connectivity index (χ4v) is 3.81. The first kappa shape index (κ1) is 18.8. The van der Waals surface area contributed by atoms with E-state index in [1.807, 2.05) is 0 Å². The minimum absolute atomic E-state index is 0. The van der Waals surface area contributed by atoms with Gasteiger partial charge in [-0.25, -0.2) is 8.78 Å². The van der Waals surface area contributed by atoms with Crippen molar-refractivity contribution in [1.29, 1.82) is 0 Å². The van der Waals surface area contributed by atoms with Gasteiger partial charge in [-0.15, -0.1) is 12.4 Å². The highest BCUT2D eigenvalue weighted by Crippen LogP contribution is 2.25. The third-order valence-electron chi connectivity index (χ3n) is 5.19. The molecule has 2 unspecified atom stereocenters. The van der Waals surface area contributed by atoms with Crippen molar-refractivity contribution in [3.63, 3.8) is 0 Å². The molecular weight excluding hydrogens is 358 g/mol. The van der Waals surface area contributed by atoms with Crippen molar-refractivity contribution >= 4 is 18.3 Å². The van der Waals surface area contributed by atoms with E-state index < -0.39 is 5.82 Å². The molecule has 2 aliphatic rings. The van der Waals surface area contributed by atoms with Gasteiger partial charge in [-0.05, 0) is 54.7 Å². The molecule has 1 amide bonds. The molecule has 26 heavy (non-hydrogen) atoms. The number of hydrogen-bond donors (Lipinski definition) is 1. The van der Waals surface area contributed by atoms with Gasteiger partial charge >= 0.3 is 0 Å². The Labute approximate surface area is 157 Å². The van der Waals surface area contributed by atoms with Crippen LogP contribution in [0.15, 0.2) is 42.5 Å². The van der Waals surface area contributed by atoms with E-state index in [0.717, 1.165) is 24.8 Å². The monoisotopic (exact) mass is 378 g/mol. The quantitative estimate of drug-likeness (QED) is 0.856. The molecule has 0 aliphatic carbocycles. The fourth-order valence-electron chi connectivity index (χ4n) is 3.81. The SMILES string of the molecule is Cl.O=C(c1ccc(-c2ccc(F)cc2)cc1F)N1CCC2CCC(C1)N2. The van der Waals surface area contributed by atoms with Crippen molar-refractivity contribution in [3.05, 3.63) is 59.7 Å². The standard InChI is InChI=1S/C20H20F2N2O.ClH/c21-15-4-1-13(2-5-15)14-3-8-18(19(22)11-14)20(25)24-10-9-16-6-7-17(12-24)23-16;/h1-5,8,11,16-17,23H,6-7,9-10,12H2;1H. The number of nitrogens with zero attached hydrogens (tertiary/aromatic N) is 1. The maximum Gasteiger partial charge on any atom is 0.256 e. The first-order valence-electron chi connectivity index (χ1n) is 8.71. The van der Waals surface area contributed by atoms with Crippen LogP contribution in [0.2, 0.25) is 0 Å². The third kappa shape index (κ3) is 3.74. The average molecular weight is 379 g/mol. The van der Waals surface area contributed by atoms with Crippen molar-refractivity contribution in [2.45, 2.75) is 31.3 Å². The van der Waals surface area contributed by atoms with Crippen LogP contribution in [0.5, 0.6) is 0 Å². The molecule has 4 rings (SSSR count). The minimum atomic E-state index is -0.533. The molecule has 1 N–H and O–H groups in total. The molecule has 2 aromatic rings. The van der Waals surface area contributed by atoms with Gasteiger partial charge in [0.15, 0.2) is 0 Å². The third-order valence-corrected chi connectivity index (χ3v) is 5.19. The van der Waals surface area contributed by atoms with Gasteiger partial charge in [0.2, 0.25) is 0 Å². The summed E-state index contributed by atoms with van der Waals surface area (Å²) in [4.78, 5) is 14.5. The Balaban J connectivity index is 0.00000196. The largest absolute Gasteiger partial charge is 0.337 e. The number of benzene rings is 2. The highest BCUT2D eigenvalue weighted by Gasteiger charge is 2.32. The molecule has 2 saturated heterocycles. The molecule has 0 aromatic heterocycles. The summed E-state index contributed by atoms with van der Waals surface area (Å²) in [5.74, 6) is -1.12. The van der Waals surface area contributed by atoms with Crippen LogP contribution in [0.3, 0.4) is 0 Å². The first-order valence-corrected chi connectivity index (χ1v) is 8.71. The average Bonchev–Trinajstić information content (AvgIpc) is 2.94. The number of hydrogen-bond acceptors (Lipinski definition) is 2. The second-order valence-corrected chi connectivity index (χ2v) is 6.88. The summed E-state index contributed by atoms with van der Waals surface area (Å²) in [5.41, 5.74) is 1.45. The van der Waals surface area contributed by atoms with Crippen LogP contribution < -0.4 is 5.32 Å². The zero-order valence-corrected chi connectivity index (χ0v) is 15.1. The molecule has 2 aromatic carbocycles. The van der Waals surface area contributed by atoms with E-state index in [2.05, 4.69) is 5.32 Å². The van der Waals surface area contributed by atoms with Gasteiger partial charge in [0.05, 0.1) is 5.56 Å². The van der Waals surface area contributed by atoms with E-state index >= 15 is 0 Å². The molecule has 0 radical (unpaired) electrons. The number of carbonyl (C=O) groups excluding carboxylic acids is 1. The number of nitrogens with one attached hydrogen (secondary N) is 1. The van der Waals surface area contributed by atoms with Crippen molar-refractivity contribution in [1.82, 2.24) is 10.2 Å². The van der Waals surface area contributed by atoms with Crippen LogP contribution in [0.1, 0.15) is 29.6 Å². The smallest absolute Gasteiger partial charge is 0.256 e. The van der Waals surface area contributed by atoms with Gasteiger partial charge in [0, 0.05) is 25.2 Å². The molecule has 2 fully saturated rings. The summed E-state index contributed by atoms with van der Waals surface area (Å²) in [6.45, 7) is 1.29. The van der Waals surface area contributed by atoms with Crippen molar-refractivity contribution in [2.75, 3.05) is 13.1 Å². The van der Waals surface area contributed by atoms with E-state index in [0.29, 0.717) is 30.7 Å². The fraction of sp³-hybridized carbons (Fsp3) is 0.350. The first-order chi connectivity index (χ1) is 12.1. The van der Waals surface area contributed by atoms with Crippen LogP contribution in [-0.4, -0.2) is 36.0 Å². The number of rotatable bonds is 2. The predicted molar refractivity (Wildman–Crippen MR) is 99.5 cm³/mol. The number of amides is 1. The van der Waals surface area contributed by atoms with E-state index in [4.69, 9.17) is 0 Å². The van der Waals surface area contributed by atoms with Crippen LogP contribution in [-0.2, 0) is 0 Å². The summed E-state index contributed by atoms with van der Waals surface area (Å²) in [7, 11) is 0. The zero-order valence-electron chi connectivity index (χ0n) is 14.3. The number of halogens is 3. The summed E-state index contributed by atoms with van der Waals surface area (Å²) in [6, 6.07) is 11.3. The Hall–Kier alpha value is -1.98. The van der Waals surface area contributed by atoms with Crippen molar-refractivity contribution < 1.29 is 13.6 Å². The summed E-state index contributed by atoms with van der Waals surface area (Å²) in [5, 5.41) is 3.52. The molecule has 2 heterocycles. The highest BCUT2D eigenvalue weighted by atomic mass is 35.5. The van der Waals surface area contributed by atoms with Crippen LogP contribution in [0.25, 0.3) is 11.1 Å². The normalized spacial score (nSPS) is 21.8. The molecule has 138 valence electrons. The topological polar surface area (TPSA) is 32.3 Å². The Morgan fingerprint density at radius 2 is 1.65 bits per heavy atom. The lowest BCUT2D eigenvalue weighted by molar-refractivity contribution is 0.0743. The molecule has 3 nitrogen and oxygen atoms in total. The van der Waals surface area contributed by atoms with Crippen molar-refractivity contribution in [3.8, 4) is 11.1 Å². The lowest BCUT2D eigenvalue weighted by Gasteiger charge is -2.24. The number of carbonyl (C=O) groups is 1. The minimum Gasteiger partial charge on any atom is -0.337 e. The molecule has 6 heteroatoms. The van der Waals surface area contributed by atoms with Crippen molar-refractivity contribution in [2.24, 2.45) is 0 Å². The Morgan fingerprint density at radius 1 is 0.962 bits per heavy atom. The number of likely N-dealkylation sites (tertiary alicyclic amines) is 1. The second kappa shape index (κ2) is 7.72. The Kier molecular flexibility index (Phi) is 5.58. The van der Waals surface area contributed by atoms with Gasteiger partial charge in [-0.1, -0.05) is 18.2 Å². The van der Waals surface area contributed by atoms with E-state index in [9.17, 15) is 13.6 Å². The molecule has 0 saturated carbocycles. The lowest BCUT2D eigenvalue weighted by atomic mass is 10.0. The molecule has 0 spiro atoms. The van der Waals surface area contributed by atoms with E-state index in [1.165, 1.54) is 24.3 Å². The maximum atomic E-state index is 14.6. The predicted octanol–water partition coefficient (Wildman–Crippen LogP) is 4.02. The molecule has 2 bridgehead atoms. The maximum absolute atomic E-state index is 14.6. The van der Waals surface area contributed by atoms with E-state index in [-0.39, 0.29) is 29.7 Å². The highest BCUT2D eigenvalue weighted by molar-refractivity contribution is 5.95. The summed E-state index contributed by atoms with van der Waals surface area (Å²) >= 11 is 0. The summed E-state index contributed by atoms with van der Waals surface area (Å²) in [6.07, 6.45) is 3.14. The van der Waals surface area contributed by atoms with Crippen LogP contribution in [0, 0.1) is 11.6 Å². The zero-order chi connectivity index (χ0) is 17.4. The molecular formula is C20H21ClF2N2O. The van der Waals surface area contributed by atoms with Crippen LogP contribution >= 0.6 is 12.4 Å². The Morgan fingerprint density at radius 3 is 2.38 bits per heavy atom. The lowest BCUT2D eigenvalue weighted by Crippen LogP contribution is -2.39. The van der Waals surface area contributed by atoms with Crippen LogP contribution in [0.4, 0.5) is 8.78 Å². The summed E-state index contributed by atoms with van der Waals surface area (Å²) < 4.78 is 27.6. The second-order valence-electron chi connectivity index (χ2n) is 6.88. The van der Waals surface area contributed by atoms with Gasteiger partial charge < -0.3 is 10.2 Å².